The number of aromatic carboxylic acids is 1. The van der Waals surface area contributed by atoms with E-state index in [2.05, 4.69) is 16.7 Å². The standard InChI is InChI=1S/C31H29Cl2F2N3O4/c1-30(2,3)13-24-31(15-36,20-10-8-17(32)12-22(20)34)25(19-5-4-6-21(33)26(19)35)27(38-24)28(40)37-14-16-7-9-18(29(41)42)23(39)11-16/h4-12,24-25,27,38-39H,13-14H2,1-3H3,(H,37,40)(H,41,42)/t24-,25-,27+,31-/m0/s1. The number of nitrogens with one attached hydrogen (secondary N) is 2. The number of carboxylic acid groups (broad SMARTS) is 1. The normalized spacial score (nSPS) is 22.0. The number of halogens is 4. The maximum Gasteiger partial charge on any atom is 0.339 e. The van der Waals surface area contributed by atoms with Gasteiger partial charge < -0.3 is 20.8 Å². The molecule has 3 aromatic carbocycles. The molecule has 220 valence electrons. The number of carboxylic acids is 1. The largest absolute Gasteiger partial charge is 0.507 e. The zero-order valence-electron chi connectivity index (χ0n) is 23.0. The fraction of sp³-hybridized carbons (Fsp3) is 0.323. The molecule has 4 N–H and O–H groups in total. The van der Waals surface area contributed by atoms with Crippen molar-refractivity contribution in [2.45, 2.75) is 57.2 Å². The van der Waals surface area contributed by atoms with Crippen LogP contribution in [-0.4, -0.2) is 34.2 Å². The van der Waals surface area contributed by atoms with Crippen molar-refractivity contribution in [3.63, 3.8) is 0 Å². The molecule has 1 aliphatic heterocycles. The van der Waals surface area contributed by atoms with Gasteiger partial charge in [-0.1, -0.05) is 68.2 Å². The molecular weight excluding hydrogens is 587 g/mol. The van der Waals surface area contributed by atoms with Crippen molar-refractivity contribution >= 4 is 35.1 Å². The highest BCUT2D eigenvalue weighted by Gasteiger charge is 2.61. The predicted octanol–water partition coefficient (Wildman–Crippen LogP) is 6.31. The zero-order valence-corrected chi connectivity index (χ0v) is 24.5. The third-order valence-electron chi connectivity index (χ3n) is 7.49. The highest BCUT2D eigenvalue weighted by Crippen LogP contribution is 2.52. The molecule has 0 unspecified atom stereocenters. The van der Waals surface area contributed by atoms with Crippen molar-refractivity contribution in [1.82, 2.24) is 10.6 Å². The summed E-state index contributed by atoms with van der Waals surface area (Å²) >= 11 is 12.2. The van der Waals surface area contributed by atoms with E-state index in [0.717, 1.165) is 6.07 Å². The number of hydrogen-bond donors (Lipinski definition) is 4. The monoisotopic (exact) mass is 615 g/mol. The van der Waals surface area contributed by atoms with Crippen LogP contribution in [0.1, 0.15) is 60.2 Å². The second-order valence-electron chi connectivity index (χ2n) is 11.6. The van der Waals surface area contributed by atoms with E-state index in [1.165, 1.54) is 48.5 Å². The zero-order chi connectivity index (χ0) is 31.0. The van der Waals surface area contributed by atoms with Gasteiger partial charge in [-0.05, 0) is 53.3 Å². The van der Waals surface area contributed by atoms with Crippen molar-refractivity contribution in [2.75, 3.05) is 0 Å². The summed E-state index contributed by atoms with van der Waals surface area (Å²) in [6.45, 7) is 5.69. The summed E-state index contributed by atoms with van der Waals surface area (Å²) < 4.78 is 31.4. The molecule has 11 heteroatoms. The van der Waals surface area contributed by atoms with Gasteiger partial charge in [-0.3, -0.25) is 4.79 Å². The van der Waals surface area contributed by atoms with Gasteiger partial charge >= 0.3 is 5.97 Å². The summed E-state index contributed by atoms with van der Waals surface area (Å²) in [6, 6.07) is 12.3. The highest BCUT2D eigenvalue weighted by atomic mass is 35.5. The molecule has 4 rings (SSSR count). The smallest absolute Gasteiger partial charge is 0.339 e. The molecule has 1 saturated heterocycles. The molecule has 0 aromatic heterocycles. The van der Waals surface area contributed by atoms with Crippen LogP contribution >= 0.6 is 23.2 Å². The van der Waals surface area contributed by atoms with Crippen LogP contribution < -0.4 is 10.6 Å². The van der Waals surface area contributed by atoms with E-state index < -0.39 is 58.1 Å². The maximum atomic E-state index is 15.7. The molecule has 1 aliphatic rings. The molecule has 3 aromatic rings. The summed E-state index contributed by atoms with van der Waals surface area (Å²) in [6.07, 6.45) is 0.315. The first kappa shape index (κ1) is 31.2. The van der Waals surface area contributed by atoms with E-state index in [1.807, 2.05) is 20.8 Å². The Morgan fingerprint density at radius 1 is 1.12 bits per heavy atom. The summed E-state index contributed by atoms with van der Waals surface area (Å²) in [4.78, 5) is 25.1. The number of hydrogen-bond acceptors (Lipinski definition) is 5. The van der Waals surface area contributed by atoms with Gasteiger partial charge in [-0.25, -0.2) is 13.6 Å². The van der Waals surface area contributed by atoms with Crippen LogP contribution in [0.2, 0.25) is 10.0 Å². The Bertz CT molecular complexity index is 1590. The fourth-order valence-electron chi connectivity index (χ4n) is 5.72. The van der Waals surface area contributed by atoms with Gasteiger partial charge in [0.25, 0.3) is 0 Å². The number of rotatable bonds is 7. The van der Waals surface area contributed by atoms with Crippen LogP contribution in [0.15, 0.2) is 54.6 Å². The van der Waals surface area contributed by atoms with Crippen molar-refractivity contribution in [1.29, 1.82) is 5.26 Å². The minimum absolute atomic E-state index is 0.0362. The quantitative estimate of drug-likeness (QED) is 0.247. The Hall–Kier alpha value is -3.71. The van der Waals surface area contributed by atoms with Crippen molar-refractivity contribution in [3.05, 3.63) is 98.5 Å². The fourth-order valence-corrected chi connectivity index (χ4v) is 6.06. The molecule has 42 heavy (non-hydrogen) atoms. The number of amides is 1. The first-order chi connectivity index (χ1) is 19.7. The third kappa shape index (κ3) is 5.93. The van der Waals surface area contributed by atoms with E-state index >= 15 is 8.78 Å². The number of phenols is 1. The second kappa shape index (κ2) is 11.9. The van der Waals surface area contributed by atoms with E-state index in [4.69, 9.17) is 28.3 Å². The van der Waals surface area contributed by atoms with Crippen LogP contribution in [0.3, 0.4) is 0 Å². The molecule has 1 heterocycles. The van der Waals surface area contributed by atoms with E-state index in [0.29, 0.717) is 12.0 Å². The van der Waals surface area contributed by atoms with Crippen molar-refractivity contribution in [3.8, 4) is 11.8 Å². The van der Waals surface area contributed by atoms with Gasteiger partial charge in [0.1, 0.15) is 28.4 Å². The molecule has 1 amide bonds. The summed E-state index contributed by atoms with van der Waals surface area (Å²) in [5, 5.41) is 36.0. The maximum absolute atomic E-state index is 15.7. The Morgan fingerprint density at radius 3 is 2.43 bits per heavy atom. The summed E-state index contributed by atoms with van der Waals surface area (Å²) in [5.41, 5.74) is -2.13. The second-order valence-corrected chi connectivity index (χ2v) is 12.4. The van der Waals surface area contributed by atoms with Gasteiger partial charge in [0.05, 0.1) is 17.1 Å². The van der Waals surface area contributed by atoms with Crippen LogP contribution in [0.25, 0.3) is 0 Å². The van der Waals surface area contributed by atoms with Gasteiger partial charge in [0.2, 0.25) is 5.91 Å². The van der Waals surface area contributed by atoms with Crippen LogP contribution in [0.5, 0.6) is 5.75 Å². The van der Waals surface area contributed by atoms with Gasteiger partial charge in [0.15, 0.2) is 0 Å². The molecule has 0 spiro atoms. The van der Waals surface area contributed by atoms with Crippen LogP contribution in [0, 0.1) is 28.4 Å². The average Bonchev–Trinajstić information content (AvgIpc) is 3.21. The topological polar surface area (TPSA) is 122 Å². The Balaban J connectivity index is 1.85. The lowest BCUT2D eigenvalue weighted by molar-refractivity contribution is -0.123. The Labute approximate surface area is 252 Å². The molecule has 0 aliphatic carbocycles. The third-order valence-corrected chi connectivity index (χ3v) is 8.02. The lowest BCUT2D eigenvalue weighted by Gasteiger charge is -2.37. The summed E-state index contributed by atoms with van der Waals surface area (Å²) in [5.74, 6) is -5.23. The number of aromatic hydroxyl groups is 1. The Morgan fingerprint density at radius 2 is 1.83 bits per heavy atom. The average molecular weight is 616 g/mol. The first-order valence-corrected chi connectivity index (χ1v) is 13.8. The first-order valence-electron chi connectivity index (χ1n) is 13.1. The summed E-state index contributed by atoms with van der Waals surface area (Å²) in [7, 11) is 0. The molecule has 0 saturated carbocycles. The van der Waals surface area contributed by atoms with Crippen LogP contribution in [-0.2, 0) is 16.8 Å². The minimum Gasteiger partial charge on any atom is -0.507 e. The number of carbonyl (C=O) groups excluding carboxylic acids is 1. The van der Waals surface area contributed by atoms with Crippen LogP contribution in [0.4, 0.5) is 8.78 Å². The number of nitriles is 1. The van der Waals surface area contributed by atoms with Crippen molar-refractivity contribution in [2.24, 2.45) is 5.41 Å². The van der Waals surface area contributed by atoms with E-state index in [1.54, 1.807) is 0 Å². The van der Waals surface area contributed by atoms with Gasteiger partial charge in [-0.2, -0.15) is 5.26 Å². The highest BCUT2D eigenvalue weighted by molar-refractivity contribution is 6.31. The predicted molar refractivity (Wildman–Crippen MR) is 155 cm³/mol. The number of nitrogens with zero attached hydrogens (tertiary/aromatic N) is 1. The SMILES string of the molecule is CC(C)(C)C[C@@H]1N[C@@H](C(=O)NCc2ccc(C(=O)O)c(O)c2)[C@H](c2cccc(Cl)c2F)[C@@]1(C#N)c1ccc(Cl)cc1F. The van der Waals surface area contributed by atoms with Gasteiger partial charge in [-0.15, -0.1) is 0 Å². The Kier molecular flexibility index (Phi) is 8.84. The molecule has 0 radical (unpaired) electrons. The van der Waals surface area contributed by atoms with E-state index in [9.17, 15) is 20.0 Å². The molecule has 7 nitrogen and oxygen atoms in total. The molecule has 4 atom stereocenters. The van der Waals surface area contributed by atoms with Crippen molar-refractivity contribution < 1.29 is 28.6 Å². The lowest BCUT2D eigenvalue weighted by Crippen LogP contribution is -2.45. The number of benzene rings is 3. The lowest BCUT2D eigenvalue weighted by atomic mass is 9.62. The molecular formula is C31H29Cl2F2N3O4. The van der Waals surface area contributed by atoms with E-state index in [-0.39, 0.29) is 33.3 Å². The molecule has 0 bridgehead atoms. The molecule has 1 fully saturated rings. The van der Waals surface area contributed by atoms with Gasteiger partial charge in [0, 0.05) is 29.1 Å². The minimum atomic E-state index is -1.77. The number of carbonyl (C=O) groups is 2.